The van der Waals surface area contributed by atoms with Crippen LogP contribution in [0.1, 0.15) is 142 Å². The number of hydrogen-bond acceptors (Lipinski definition) is 0. The Morgan fingerprint density at radius 3 is 1.21 bits per heavy atom. The van der Waals surface area contributed by atoms with Crippen molar-refractivity contribution in [1.82, 2.24) is 0 Å². The first-order valence-corrected chi connectivity index (χ1v) is 12.3. The van der Waals surface area contributed by atoms with Crippen LogP contribution < -0.4 is 0 Å². The van der Waals surface area contributed by atoms with Crippen LogP contribution in [0.25, 0.3) is 0 Å². The van der Waals surface area contributed by atoms with Crippen LogP contribution in [0, 0.1) is 0 Å². The van der Waals surface area contributed by atoms with E-state index in [9.17, 15) is 0 Å². The Morgan fingerprint density at radius 1 is 0.500 bits per heavy atom. The van der Waals surface area contributed by atoms with Crippen molar-refractivity contribution in [3.63, 3.8) is 0 Å². The second kappa shape index (κ2) is 12.7. The summed E-state index contributed by atoms with van der Waals surface area (Å²) in [4.78, 5) is 0. The summed E-state index contributed by atoms with van der Waals surface area (Å²) >= 11 is 0. The normalized spacial score (nSPS) is 12.5. The average Bonchev–Trinajstić information content (AvgIpc) is 2.61. The summed E-state index contributed by atoms with van der Waals surface area (Å²) in [7, 11) is 0. The minimum atomic E-state index is 0.229. The Morgan fingerprint density at radius 2 is 0.857 bits per heavy atom. The summed E-state index contributed by atoms with van der Waals surface area (Å²) in [5.41, 5.74) is 4.99. The largest absolute Gasteiger partial charge is 0.0654 e. The summed E-state index contributed by atoms with van der Waals surface area (Å²) in [5.74, 6) is 0. The molecule has 0 aromatic heterocycles. The zero-order valence-corrected chi connectivity index (χ0v) is 20.4. The van der Waals surface area contributed by atoms with Crippen molar-refractivity contribution >= 4 is 0 Å². The molecule has 1 aromatic carbocycles. The topological polar surface area (TPSA) is 0 Å². The lowest BCUT2D eigenvalue weighted by Gasteiger charge is -2.26. The third-order valence-electron chi connectivity index (χ3n) is 6.04. The summed E-state index contributed by atoms with van der Waals surface area (Å²) in [6, 6.07) is 7.37. The first-order chi connectivity index (χ1) is 13.1. The molecule has 0 fully saturated rings. The van der Waals surface area contributed by atoms with E-state index in [4.69, 9.17) is 0 Å². The average molecular weight is 387 g/mol. The van der Waals surface area contributed by atoms with Crippen molar-refractivity contribution in [3.8, 4) is 0 Å². The Labute approximate surface area is 177 Å². The molecular formula is C28H50. The molecule has 0 aliphatic carbocycles. The van der Waals surface area contributed by atoms with Gasteiger partial charge in [-0.25, -0.2) is 0 Å². The van der Waals surface area contributed by atoms with Gasteiger partial charge in [0, 0.05) is 0 Å². The molecule has 0 saturated heterocycles. The highest BCUT2D eigenvalue weighted by Crippen LogP contribution is 2.30. The molecule has 0 nitrogen and oxygen atoms in total. The molecule has 0 atom stereocenters. The van der Waals surface area contributed by atoms with E-state index < -0.39 is 0 Å². The Balaban J connectivity index is 2.30. The second-order valence-electron chi connectivity index (χ2n) is 11.1. The fourth-order valence-corrected chi connectivity index (χ4v) is 3.87. The monoisotopic (exact) mass is 386 g/mol. The van der Waals surface area contributed by atoms with E-state index in [1.165, 1.54) is 94.6 Å². The molecule has 1 aromatic rings. The van der Waals surface area contributed by atoms with Crippen LogP contribution in [0.2, 0.25) is 0 Å². The molecular weight excluding hydrogens is 336 g/mol. The van der Waals surface area contributed by atoms with Gasteiger partial charge < -0.3 is 0 Å². The van der Waals surface area contributed by atoms with E-state index in [2.05, 4.69) is 66.7 Å². The molecule has 0 saturated carbocycles. The third-order valence-corrected chi connectivity index (χ3v) is 6.04. The van der Waals surface area contributed by atoms with Crippen LogP contribution in [0.5, 0.6) is 0 Å². The van der Waals surface area contributed by atoms with Gasteiger partial charge in [-0.2, -0.15) is 0 Å². The lowest BCUT2D eigenvalue weighted by atomic mass is 9.79. The predicted molar refractivity (Wildman–Crippen MR) is 129 cm³/mol. The van der Waals surface area contributed by atoms with Crippen LogP contribution in [0.4, 0.5) is 0 Å². The Hall–Kier alpha value is -0.780. The quantitative estimate of drug-likeness (QED) is 0.296. The lowest BCUT2D eigenvalue weighted by molar-refractivity contribution is 0.543. The van der Waals surface area contributed by atoms with Crippen LogP contribution in [-0.4, -0.2) is 0 Å². The maximum Gasteiger partial charge on any atom is -0.0132 e. The van der Waals surface area contributed by atoms with Crippen molar-refractivity contribution < 1.29 is 0 Å². The van der Waals surface area contributed by atoms with Gasteiger partial charge in [0.25, 0.3) is 0 Å². The minimum absolute atomic E-state index is 0.229. The molecule has 0 heteroatoms. The number of benzene rings is 1. The highest BCUT2D eigenvalue weighted by Gasteiger charge is 2.20. The van der Waals surface area contributed by atoms with E-state index in [0.717, 1.165) is 0 Å². The van der Waals surface area contributed by atoms with Crippen molar-refractivity contribution in [2.24, 2.45) is 0 Å². The second-order valence-corrected chi connectivity index (χ2v) is 11.1. The molecule has 162 valence electrons. The van der Waals surface area contributed by atoms with Gasteiger partial charge in [-0.15, -0.1) is 0 Å². The summed E-state index contributed by atoms with van der Waals surface area (Å²) in [6.45, 7) is 16.3. The molecule has 0 aliphatic rings. The first-order valence-electron chi connectivity index (χ1n) is 12.3. The molecule has 1 rings (SSSR count). The van der Waals surface area contributed by atoms with Gasteiger partial charge in [0.2, 0.25) is 0 Å². The van der Waals surface area contributed by atoms with E-state index in [0.29, 0.717) is 0 Å². The van der Waals surface area contributed by atoms with Gasteiger partial charge in [0.15, 0.2) is 0 Å². The van der Waals surface area contributed by atoms with Crippen molar-refractivity contribution in [2.75, 3.05) is 0 Å². The summed E-state index contributed by atoms with van der Waals surface area (Å²) in [5, 5.41) is 0. The number of rotatable bonds is 13. The molecule has 28 heavy (non-hydrogen) atoms. The number of unbranched alkanes of at least 4 members (excludes halogenated alkanes) is 11. The highest BCUT2D eigenvalue weighted by atomic mass is 14.2. The zero-order chi connectivity index (χ0) is 21.0. The molecule has 0 aliphatic heterocycles. The minimum Gasteiger partial charge on any atom is -0.0654 e. The third kappa shape index (κ3) is 10.7. The number of aryl methyl sites for hydroxylation is 1. The Bertz CT molecular complexity index is 492. The van der Waals surface area contributed by atoms with Gasteiger partial charge in [0.05, 0.1) is 0 Å². The first kappa shape index (κ1) is 25.3. The highest BCUT2D eigenvalue weighted by molar-refractivity contribution is 5.37. The van der Waals surface area contributed by atoms with Crippen molar-refractivity contribution in [3.05, 3.63) is 34.9 Å². The van der Waals surface area contributed by atoms with Gasteiger partial charge >= 0.3 is 0 Å². The smallest absolute Gasteiger partial charge is 0.0132 e. The van der Waals surface area contributed by atoms with Crippen LogP contribution in [-0.2, 0) is 17.3 Å². The molecule has 0 bridgehead atoms. The van der Waals surface area contributed by atoms with Gasteiger partial charge in [-0.1, -0.05) is 137 Å². The fourth-order valence-electron chi connectivity index (χ4n) is 3.87. The Kier molecular flexibility index (Phi) is 11.5. The molecule has 0 unspecified atom stereocenters. The molecule has 0 heterocycles. The maximum absolute atomic E-state index is 2.47. The molecule has 0 N–H and O–H groups in total. The standard InChI is InChI=1S/C28H50/c1-8-9-10-11-12-13-14-15-16-17-18-19-20-24-21-25(27(2,3)4)23-26(22-24)28(5,6)7/h21-23H,8-20H2,1-7H3. The fraction of sp³-hybridized carbons (Fsp3) is 0.786. The van der Waals surface area contributed by atoms with Gasteiger partial charge in [-0.05, 0) is 40.4 Å². The van der Waals surface area contributed by atoms with Crippen LogP contribution >= 0.6 is 0 Å². The van der Waals surface area contributed by atoms with Crippen LogP contribution in [0.3, 0.4) is 0 Å². The van der Waals surface area contributed by atoms with Gasteiger partial charge in [-0.3, -0.25) is 0 Å². The summed E-state index contributed by atoms with van der Waals surface area (Å²) < 4.78 is 0. The van der Waals surface area contributed by atoms with E-state index in [-0.39, 0.29) is 10.8 Å². The molecule has 0 radical (unpaired) electrons. The van der Waals surface area contributed by atoms with Crippen molar-refractivity contribution in [1.29, 1.82) is 0 Å². The zero-order valence-electron chi connectivity index (χ0n) is 20.4. The van der Waals surface area contributed by atoms with Crippen LogP contribution in [0.15, 0.2) is 18.2 Å². The molecule has 0 amide bonds. The lowest BCUT2D eigenvalue weighted by Crippen LogP contribution is -2.17. The molecule has 0 spiro atoms. The SMILES string of the molecule is CCCCCCCCCCCCCCc1cc(C(C)(C)C)cc(C(C)(C)C)c1. The van der Waals surface area contributed by atoms with E-state index in [1.54, 1.807) is 5.56 Å². The predicted octanol–water partition coefficient (Wildman–Crippen LogP) is 9.53. The number of hydrogen-bond donors (Lipinski definition) is 0. The van der Waals surface area contributed by atoms with Crippen molar-refractivity contribution in [2.45, 2.75) is 143 Å². The van der Waals surface area contributed by atoms with E-state index in [1.807, 2.05) is 0 Å². The summed E-state index contributed by atoms with van der Waals surface area (Å²) in [6.07, 6.45) is 18.3. The van der Waals surface area contributed by atoms with E-state index >= 15 is 0 Å². The maximum atomic E-state index is 2.47. The van der Waals surface area contributed by atoms with Gasteiger partial charge in [0.1, 0.15) is 0 Å².